The van der Waals surface area contributed by atoms with Gasteiger partial charge < -0.3 is 5.32 Å². The summed E-state index contributed by atoms with van der Waals surface area (Å²) in [5.74, 6) is 1.36. The predicted molar refractivity (Wildman–Crippen MR) is 72.8 cm³/mol. The summed E-state index contributed by atoms with van der Waals surface area (Å²) in [6, 6.07) is 3.48. The van der Waals surface area contributed by atoms with Crippen LogP contribution in [0.1, 0.15) is 39.3 Å². The second-order valence-corrected chi connectivity index (χ2v) is 4.85. The number of nitrogens with one attached hydrogen (secondary N) is 1. The Balaban J connectivity index is 2.68. The first-order valence-electron chi connectivity index (χ1n) is 6.32. The normalized spacial score (nSPS) is 14.0. The summed E-state index contributed by atoms with van der Waals surface area (Å²) in [7, 11) is 0. The fourth-order valence-corrected chi connectivity index (χ4v) is 1.91. The summed E-state index contributed by atoms with van der Waals surface area (Å²) in [4.78, 5) is 14.5. The first-order chi connectivity index (χ1) is 8.43. The molecule has 1 rings (SSSR count). The van der Waals surface area contributed by atoms with Crippen molar-refractivity contribution in [1.29, 1.82) is 0 Å². The number of rotatable bonds is 6. The van der Waals surface area contributed by atoms with Gasteiger partial charge >= 0.3 is 0 Å². The van der Waals surface area contributed by atoms with Crippen molar-refractivity contribution in [2.24, 2.45) is 5.92 Å². The maximum absolute atomic E-state index is 10.7. The van der Waals surface area contributed by atoms with Crippen molar-refractivity contribution in [3.63, 3.8) is 0 Å². The van der Waals surface area contributed by atoms with Crippen LogP contribution in [0.15, 0.2) is 12.1 Å². The topological polar surface area (TPSA) is 68.1 Å². The van der Waals surface area contributed by atoms with Crippen molar-refractivity contribution in [1.82, 2.24) is 4.98 Å². The monoisotopic (exact) mass is 251 g/mol. The SMILES string of the molecule is CCC(C)CC(C)Nc1ccc([N+](=O)[O-])c(C)n1. The molecule has 18 heavy (non-hydrogen) atoms. The molecule has 0 amide bonds. The molecule has 0 saturated heterocycles. The van der Waals surface area contributed by atoms with Crippen molar-refractivity contribution in [2.75, 3.05) is 5.32 Å². The van der Waals surface area contributed by atoms with E-state index < -0.39 is 4.92 Å². The standard InChI is InChI=1S/C13H21N3O2/c1-5-9(2)8-10(3)14-13-7-6-12(16(17)18)11(4)15-13/h6-7,9-10H,5,8H2,1-4H3,(H,14,15). The molecule has 5 nitrogen and oxygen atoms in total. The van der Waals surface area contributed by atoms with Gasteiger partial charge in [0.1, 0.15) is 11.5 Å². The first kappa shape index (κ1) is 14.4. The van der Waals surface area contributed by atoms with E-state index in [1.807, 2.05) is 0 Å². The molecule has 0 radical (unpaired) electrons. The summed E-state index contributed by atoms with van der Waals surface area (Å²) in [6.07, 6.45) is 2.22. The molecule has 1 heterocycles. The average molecular weight is 251 g/mol. The lowest BCUT2D eigenvalue weighted by Crippen LogP contribution is -2.19. The van der Waals surface area contributed by atoms with E-state index in [0.717, 1.165) is 12.8 Å². The molecule has 0 spiro atoms. The van der Waals surface area contributed by atoms with Gasteiger partial charge in [-0.3, -0.25) is 10.1 Å². The molecule has 0 fully saturated rings. The molecule has 1 aromatic rings. The Morgan fingerprint density at radius 2 is 2.11 bits per heavy atom. The number of pyridine rings is 1. The van der Waals surface area contributed by atoms with E-state index in [4.69, 9.17) is 0 Å². The third kappa shape index (κ3) is 3.98. The minimum atomic E-state index is -0.408. The lowest BCUT2D eigenvalue weighted by Gasteiger charge is -2.18. The Kier molecular flexibility index (Phi) is 5.07. The van der Waals surface area contributed by atoms with Gasteiger partial charge in [0.2, 0.25) is 0 Å². The number of anilines is 1. The maximum Gasteiger partial charge on any atom is 0.290 e. The van der Waals surface area contributed by atoms with E-state index in [1.165, 1.54) is 6.07 Å². The van der Waals surface area contributed by atoms with Gasteiger partial charge in [0, 0.05) is 12.1 Å². The van der Waals surface area contributed by atoms with Gasteiger partial charge in [-0.25, -0.2) is 4.98 Å². The second-order valence-electron chi connectivity index (χ2n) is 4.85. The van der Waals surface area contributed by atoms with Gasteiger partial charge in [0.25, 0.3) is 5.69 Å². The van der Waals surface area contributed by atoms with E-state index >= 15 is 0 Å². The Bertz CT molecular complexity index is 421. The predicted octanol–water partition coefficient (Wildman–Crippen LogP) is 3.53. The number of hydrogen-bond donors (Lipinski definition) is 1. The zero-order chi connectivity index (χ0) is 13.7. The molecule has 100 valence electrons. The number of nitro groups is 1. The van der Waals surface area contributed by atoms with Crippen LogP contribution in [0.4, 0.5) is 11.5 Å². The lowest BCUT2D eigenvalue weighted by atomic mass is 10.0. The highest BCUT2D eigenvalue weighted by atomic mass is 16.6. The van der Waals surface area contributed by atoms with Crippen molar-refractivity contribution in [3.8, 4) is 0 Å². The Morgan fingerprint density at radius 3 is 2.61 bits per heavy atom. The van der Waals surface area contributed by atoms with Crippen molar-refractivity contribution < 1.29 is 4.92 Å². The molecule has 1 N–H and O–H groups in total. The van der Waals surface area contributed by atoms with Crippen molar-refractivity contribution >= 4 is 11.5 Å². The highest BCUT2D eigenvalue weighted by Gasteiger charge is 2.13. The van der Waals surface area contributed by atoms with E-state index in [-0.39, 0.29) is 5.69 Å². The molecule has 2 unspecified atom stereocenters. The molecule has 0 aliphatic rings. The molecule has 0 aliphatic carbocycles. The van der Waals surface area contributed by atoms with Crippen molar-refractivity contribution in [3.05, 3.63) is 27.9 Å². The summed E-state index contributed by atoms with van der Waals surface area (Å²) in [6.45, 7) is 8.14. The van der Waals surface area contributed by atoms with Crippen LogP contribution in [-0.4, -0.2) is 15.9 Å². The fourth-order valence-electron chi connectivity index (χ4n) is 1.91. The summed E-state index contributed by atoms with van der Waals surface area (Å²) in [5, 5.41) is 14.0. The first-order valence-corrected chi connectivity index (χ1v) is 6.32. The van der Waals surface area contributed by atoms with Crippen LogP contribution in [-0.2, 0) is 0 Å². The third-order valence-electron chi connectivity index (χ3n) is 3.10. The van der Waals surface area contributed by atoms with Crippen LogP contribution in [0.2, 0.25) is 0 Å². The van der Waals surface area contributed by atoms with Gasteiger partial charge in [-0.15, -0.1) is 0 Å². The quantitative estimate of drug-likeness (QED) is 0.620. The number of aromatic nitrogens is 1. The maximum atomic E-state index is 10.7. The largest absolute Gasteiger partial charge is 0.368 e. The van der Waals surface area contributed by atoms with E-state index in [0.29, 0.717) is 23.5 Å². The molecular weight excluding hydrogens is 230 g/mol. The minimum absolute atomic E-state index is 0.0649. The highest BCUT2D eigenvalue weighted by molar-refractivity contribution is 5.45. The Labute approximate surface area is 108 Å². The number of hydrogen-bond acceptors (Lipinski definition) is 4. The molecule has 5 heteroatoms. The van der Waals surface area contributed by atoms with Gasteiger partial charge in [-0.05, 0) is 32.3 Å². The second kappa shape index (κ2) is 6.33. The molecular formula is C13H21N3O2. The summed E-state index contributed by atoms with van der Waals surface area (Å²) < 4.78 is 0. The summed E-state index contributed by atoms with van der Waals surface area (Å²) >= 11 is 0. The molecule has 0 aliphatic heterocycles. The zero-order valence-corrected chi connectivity index (χ0v) is 11.4. The average Bonchev–Trinajstić information content (AvgIpc) is 2.28. The van der Waals surface area contributed by atoms with Crippen LogP contribution in [0.5, 0.6) is 0 Å². The zero-order valence-electron chi connectivity index (χ0n) is 11.4. The fraction of sp³-hybridized carbons (Fsp3) is 0.615. The molecule has 0 bridgehead atoms. The van der Waals surface area contributed by atoms with Gasteiger partial charge in [0.15, 0.2) is 0 Å². The third-order valence-corrected chi connectivity index (χ3v) is 3.10. The van der Waals surface area contributed by atoms with E-state index in [9.17, 15) is 10.1 Å². The number of aryl methyl sites for hydroxylation is 1. The van der Waals surface area contributed by atoms with Crippen LogP contribution in [0.3, 0.4) is 0 Å². The van der Waals surface area contributed by atoms with Crippen LogP contribution in [0, 0.1) is 23.0 Å². The smallest absolute Gasteiger partial charge is 0.290 e. The molecule has 0 aromatic carbocycles. The van der Waals surface area contributed by atoms with Crippen LogP contribution < -0.4 is 5.32 Å². The lowest BCUT2D eigenvalue weighted by molar-refractivity contribution is -0.385. The molecule has 2 atom stereocenters. The number of nitrogens with zero attached hydrogens (tertiary/aromatic N) is 2. The van der Waals surface area contributed by atoms with E-state index in [2.05, 4.69) is 31.1 Å². The minimum Gasteiger partial charge on any atom is -0.368 e. The van der Waals surface area contributed by atoms with Gasteiger partial charge in [0.05, 0.1) is 4.92 Å². The Hall–Kier alpha value is -1.65. The van der Waals surface area contributed by atoms with Gasteiger partial charge in [-0.1, -0.05) is 20.3 Å². The van der Waals surface area contributed by atoms with Crippen molar-refractivity contribution in [2.45, 2.75) is 46.6 Å². The Morgan fingerprint density at radius 1 is 1.44 bits per heavy atom. The molecule has 1 aromatic heterocycles. The summed E-state index contributed by atoms with van der Waals surface area (Å²) in [5.41, 5.74) is 0.510. The molecule has 0 saturated carbocycles. The van der Waals surface area contributed by atoms with Gasteiger partial charge in [-0.2, -0.15) is 0 Å². The van der Waals surface area contributed by atoms with Crippen LogP contribution in [0.25, 0.3) is 0 Å². The highest BCUT2D eigenvalue weighted by Crippen LogP contribution is 2.19. The van der Waals surface area contributed by atoms with E-state index in [1.54, 1.807) is 13.0 Å². The van der Waals surface area contributed by atoms with Crippen LogP contribution >= 0.6 is 0 Å².